The molecule has 7 heteroatoms. The largest absolute Gasteiger partial charge is 0.478 e. The van der Waals surface area contributed by atoms with E-state index in [0.29, 0.717) is 0 Å². The molecule has 0 radical (unpaired) electrons. The summed E-state index contributed by atoms with van der Waals surface area (Å²) in [6.45, 7) is 1.27. The molecule has 0 saturated heterocycles. The highest BCUT2D eigenvalue weighted by Crippen LogP contribution is 2.31. The maximum absolute atomic E-state index is 12.8. The van der Waals surface area contributed by atoms with Crippen molar-refractivity contribution < 1.29 is 23.4 Å². The number of carboxylic acid groups (broad SMARTS) is 1. The first-order valence-electron chi connectivity index (χ1n) is 6.85. The van der Waals surface area contributed by atoms with E-state index in [0.717, 1.165) is 19.3 Å². The second-order valence-corrected chi connectivity index (χ2v) is 7.02. The maximum Gasteiger partial charge on any atom is 0.335 e. The lowest BCUT2D eigenvalue weighted by atomic mass is 9.93. The summed E-state index contributed by atoms with van der Waals surface area (Å²) in [5.74, 6) is -1.15. The number of benzene rings is 1. The van der Waals surface area contributed by atoms with Crippen LogP contribution in [0.15, 0.2) is 23.1 Å². The molecule has 0 spiro atoms. The predicted molar refractivity (Wildman–Crippen MR) is 76.8 cm³/mol. The summed E-state index contributed by atoms with van der Waals surface area (Å²) in [4.78, 5) is 11.2. The summed E-state index contributed by atoms with van der Waals surface area (Å²) in [6.07, 6.45) is 2.52. The molecule has 2 N–H and O–H groups in total. The number of sulfonamides is 1. The van der Waals surface area contributed by atoms with E-state index in [2.05, 4.69) is 0 Å². The van der Waals surface area contributed by atoms with Gasteiger partial charge >= 0.3 is 5.97 Å². The van der Waals surface area contributed by atoms with Crippen LogP contribution in [0.3, 0.4) is 0 Å². The van der Waals surface area contributed by atoms with Crippen molar-refractivity contribution in [2.24, 2.45) is 0 Å². The van der Waals surface area contributed by atoms with E-state index in [4.69, 9.17) is 10.2 Å². The average molecular weight is 313 g/mol. The lowest BCUT2D eigenvalue weighted by Gasteiger charge is -2.36. The van der Waals surface area contributed by atoms with E-state index in [9.17, 15) is 13.2 Å². The third-order valence-electron chi connectivity index (χ3n) is 3.90. The number of rotatable bonds is 6. The van der Waals surface area contributed by atoms with Crippen LogP contribution >= 0.6 is 0 Å². The minimum atomic E-state index is -3.80. The van der Waals surface area contributed by atoms with Gasteiger partial charge in [-0.05, 0) is 37.5 Å². The molecule has 0 bridgehead atoms. The van der Waals surface area contributed by atoms with Crippen molar-refractivity contribution in [1.82, 2.24) is 4.31 Å². The fourth-order valence-corrected chi connectivity index (χ4v) is 4.45. The number of hydrogen-bond donors (Lipinski definition) is 2. The molecule has 1 aromatic carbocycles. The first-order valence-corrected chi connectivity index (χ1v) is 8.29. The molecule has 2 rings (SSSR count). The van der Waals surface area contributed by atoms with E-state index in [-0.39, 0.29) is 35.2 Å². The highest BCUT2D eigenvalue weighted by Gasteiger charge is 2.35. The van der Waals surface area contributed by atoms with Gasteiger partial charge in [-0.25, -0.2) is 13.2 Å². The van der Waals surface area contributed by atoms with Crippen LogP contribution < -0.4 is 0 Å². The molecular weight excluding hydrogens is 294 g/mol. The van der Waals surface area contributed by atoms with Crippen molar-refractivity contribution in [3.63, 3.8) is 0 Å². The summed E-state index contributed by atoms with van der Waals surface area (Å²) in [5, 5.41) is 18.2. The van der Waals surface area contributed by atoms with Crippen LogP contribution in [-0.4, -0.2) is 48.1 Å². The molecule has 0 amide bonds. The van der Waals surface area contributed by atoms with E-state index in [1.165, 1.54) is 29.4 Å². The van der Waals surface area contributed by atoms with Crippen molar-refractivity contribution in [1.29, 1.82) is 0 Å². The second kappa shape index (κ2) is 6.13. The minimum absolute atomic E-state index is 0.00255. The number of carboxylic acids is 1. The summed E-state index contributed by atoms with van der Waals surface area (Å²) < 4.78 is 26.8. The summed E-state index contributed by atoms with van der Waals surface area (Å²) in [7, 11) is -3.80. The van der Waals surface area contributed by atoms with Crippen molar-refractivity contribution >= 4 is 16.0 Å². The molecule has 0 unspecified atom stereocenters. The van der Waals surface area contributed by atoms with E-state index in [1.807, 2.05) is 0 Å². The van der Waals surface area contributed by atoms with Crippen LogP contribution in [0.25, 0.3) is 0 Å². The van der Waals surface area contributed by atoms with Gasteiger partial charge in [0.05, 0.1) is 17.1 Å². The lowest BCUT2D eigenvalue weighted by molar-refractivity contribution is 0.0695. The van der Waals surface area contributed by atoms with Crippen molar-refractivity contribution in [3.05, 3.63) is 29.3 Å². The fourth-order valence-electron chi connectivity index (χ4n) is 2.52. The summed E-state index contributed by atoms with van der Waals surface area (Å²) in [5.41, 5.74) is 0.209. The molecule has 0 heterocycles. The van der Waals surface area contributed by atoms with Crippen LogP contribution in [0.5, 0.6) is 0 Å². The quantitative estimate of drug-likeness (QED) is 0.823. The van der Waals surface area contributed by atoms with Crippen LogP contribution in [0.1, 0.15) is 35.2 Å². The molecule has 21 heavy (non-hydrogen) atoms. The molecule has 0 atom stereocenters. The Morgan fingerprint density at radius 3 is 2.52 bits per heavy atom. The van der Waals surface area contributed by atoms with Gasteiger partial charge in [-0.1, -0.05) is 12.5 Å². The van der Waals surface area contributed by atoms with Crippen molar-refractivity contribution in [2.75, 3.05) is 13.2 Å². The molecule has 0 aromatic heterocycles. The van der Waals surface area contributed by atoms with Crippen LogP contribution in [0.2, 0.25) is 0 Å². The van der Waals surface area contributed by atoms with Gasteiger partial charge in [-0.15, -0.1) is 0 Å². The third-order valence-corrected chi connectivity index (χ3v) is 6.00. The van der Waals surface area contributed by atoms with Gasteiger partial charge in [0.2, 0.25) is 10.0 Å². The Morgan fingerprint density at radius 2 is 2.05 bits per heavy atom. The van der Waals surface area contributed by atoms with Crippen LogP contribution in [0, 0.1) is 6.92 Å². The van der Waals surface area contributed by atoms with Gasteiger partial charge in [-0.2, -0.15) is 4.31 Å². The molecular formula is C14H19NO5S. The Bertz CT molecular complexity index is 637. The molecule has 1 saturated carbocycles. The highest BCUT2D eigenvalue weighted by atomic mass is 32.2. The summed E-state index contributed by atoms with van der Waals surface area (Å²) in [6, 6.07) is 4.13. The van der Waals surface area contributed by atoms with Crippen LogP contribution in [0.4, 0.5) is 0 Å². The van der Waals surface area contributed by atoms with E-state index in [1.54, 1.807) is 0 Å². The van der Waals surface area contributed by atoms with Gasteiger partial charge in [-0.3, -0.25) is 0 Å². The number of aliphatic hydroxyl groups excluding tert-OH is 1. The zero-order valence-electron chi connectivity index (χ0n) is 11.8. The Hall–Kier alpha value is -1.44. The number of nitrogens with zero attached hydrogens (tertiary/aromatic N) is 1. The monoisotopic (exact) mass is 313 g/mol. The van der Waals surface area contributed by atoms with Gasteiger partial charge < -0.3 is 10.2 Å². The zero-order chi connectivity index (χ0) is 15.6. The molecule has 1 fully saturated rings. The molecule has 6 nitrogen and oxygen atoms in total. The lowest BCUT2D eigenvalue weighted by Crippen LogP contribution is -2.45. The topological polar surface area (TPSA) is 94.9 Å². The van der Waals surface area contributed by atoms with Crippen molar-refractivity contribution in [2.45, 2.75) is 37.1 Å². The molecule has 1 aliphatic rings. The highest BCUT2D eigenvalue weighted by molar-refractivity contribution is 7.89. The maximum atomic E-state index is 12.8. The van der Waals surface area contributed by atoms with E-state index >= 15 is 0 Å². The van der Waals surface area contributed by atoms with Crippen LogP contribution in [-0.2, 0) is 10.0 Å². The number of hydrogen-bond acceptors (Lipinski definition) is 4. The molecule has 0 aliphatic heterocycles. The molecule has 1 aromatic rings. The van der Waals surface area contributed by atoms with Gasteiger partial charge in [0, 0.05) is 12.6 Å². The van der Waals surface area contributed by atoms with Crippen molar-refractivity contribution in [3.8, 4) is 0 Å². The van der Waals surface area contributed by atoms with Gasteiger partial charge in [0.15, 0.2) is 0 Å². The minimum Gasteiger partial charge on any atom is -0.478 e. The first-order chi connectivity index (χ1) is 9.89. The smallest absolute Gasteiger partial charge is 0.335 e. The normalized spacial score (nSPS) is 16.0. The number of aliphatic hydroxyl groups is 1. The molecule has 1 aliphatic carbocycles. The summed E-state index contributed by atoms with van der Waals surface area (Å²) >= 11 is 0. The number of aromatic carboxylic acids is 1. The second-order valence-electron chi connectivity index (χ2n) is 5.16. The Balaban J connectivity index is 2.47. The number of carbonyl (C=O) groups is 1. The predicted octanol–water partition coefficient (Wildman–Crippen LogP) is 1.23. The molecule has 116 valence electrons. The Kier molecular flexibility index (Phi) is 4.65. The van der Waals surface area contributed by atoms with Gasteiger partial charge in [0.1, 0.15) is 0 Å². The van der Waals surface area contributed by atoms with Gasteiger partial charge in [0.25, 0.3) is 0 Å². The first kappa shape index (κ1) is 15.9. The zero-order valence-corrected chi connectivity index (χ0v) is 12.6. The average Bonchev–Trinajstić information content (AvgIpc) is 2.35. The third kappa shape index (κ3) is 2.95. The van der Waals surface area contributed by atoms with E-state index < -0.39 is 16.0 Å². The fraction of sp³-hybridized carbons (Fsp3) is 0.500. The Labute approximate surface area is 124 Å². The standard InChI is InChI=1S/C14H19NO5S/c1-10-12(14(17)18)6-3-7-13(10)21(19,20)15(8-9-16)11-4-2-5-11/h3,6-7,11,16H,2,4-5,8-9H2,1H3,(H,17,18). The Morgan fingerprint density at radius 1 is 1.38 bits per heavy atom. The SMILES string of the molecule is Cc1c(C(=O)O)cccc1S(=O)(=O)N(CCO)C1CCC1.